The molecule has 6 heterocycles. The average molecular weight is 452 g/mol. The van der Waals surface area contributed by atoms with Crippen molar-refractivity contribution in [1.82, 2.24) is 24.3 Å². The molecule has 1 atom stereocenters. The fraction of sp³-hybridized carbons (Fsp3) is 0.435. The van der Waals surface area contributed by atoms with Crippen LogP contribution in [-0.4, -0.2) is 50.6 Å². The van der Waals surface area contributed by atoms with Crippen LogP contribution in [0, 0.1) is 0 Å². The van der Waals surface area contributed by atoms with Crippen molar-refractivity contribution in [1.29, 1.82) is 0 Å². The van der Waals surface area contributed by atoms with E-state index in [2.05, 4.69) is 21.3 Å². The Kier molecular flexibility index (Phi) is 5.04. The summed E-state index contributed by atoms with van der Waals surface area (Å²) in [6, 6.07) is 9.41. The van der Waals surface area contributed by atoms with Gasteiger partial charge < -0.3 is 15.0 Å². The summed E-state index contributed by atoms with van der Waals surface area (Å²) < 4.78 is 9.08. The molecule has 3 aliphatic heterocycles. The van der Waals surface area contributed by atoms with Gasteiger partial charge in [0.05, 0.1) is 22.8 Å². The molecule has 3 aromatic heterocycles. The lowest BCUT2D eigenvalue weighted by molar-refractivity contribution is 0.171. The van der Waals surface area contributed by atoms with Gasteiger partial charge in [0.2, 0.25) is 0 Å². The molecule has 1 fully saturated rings. The normalized spacial score (nSPS) is 20.6. The molecule has 0 saturated carbocycles. The molecule has 6 rings (SSSR count). The first kappa shape index (κ1) is 20.0. The van der Waals surface area contributed by atoms with Crippen LogP contribution in [0.25, 0.3) is 11.0 Å². The Morgan fingerprint density at radius 2 is 1.94 bits per heavy atom. The molecule has 0 amide bonds. The van der Waals surface area contributed by atoms with Gasteiger partial charge in [0.1, 0.15) is 11.6 Å². The summed E-state index contributed by atoms with van der Waals surface area (Å²) in [7, 11) is 0. The minimum Gasteiger partial charge on any atom is -0.480 e. The Hall–Kier alpha value is -2.62. The van der Waals surface area contributed by atoms with Gasteiger partial charge >= 0.3 is 0 Å². The van der Waals surface area contributed by atoms with E-state index < -0.39 is 0 Å². The van der Waals surface area contributed by atoms with Crippen LogP contribution in [0.2, 0.25) is 0 Å². The van der Waals surface area contributed by atoms with E-state index in [4.69, 9.17) is 4.74 Å². The molecule has 1 unspecified atom stereocenters. The Bertz CT molecular complexity index is 1290. The number of hydrogen-bond donors (Lipinski definition) is 1. The summed E-state index contributed by atoms with van der Waals surface area (Å²) in [5, 5.41) is 4.59. The minimum atomic E-state index is -0.0348. The molecule has 0 spiro atoms. The smallest absolute Gasteiger partial charge is 0.252 e. The van der Waals surface area contributed by atoms with E-state index in [0.29, 0.717) is 18.5 Å². The van der Waals surface area contributed by atoms with Crippen molar-refractivity contribution in [3.05, 3.63) is 62.9 Å². The van der Waals surface area contributed by atoms with Crippen LogP contribution in [0.3, 0.4) is 0 Å². The van der Waals surface area contributed by atoms with Gasteiger partial charge in [0.25, 0.3) is 11.1 Å². The van der Waals surface area contributed by atoms with Crippen molar-refractivity contribution < 1.29 is 4.74 Å². The summed E-state index contributed by atoms with van der Waals surface area (Å²) in [6.45, 7) is 4.07. The lowest BCUT2D eigenvalue weighted by Crippen LogP contribution is -2.44. The second-order valence-electron chi connectivity index (χ2n) is 8.74. The monoisotopic (exact) mass is 451 g/mol. The first-order valence-corrected chi connectivity index (χ1v) is 12.1. The number of piperidine rings is 1. The second-order valence-corrected chi connectivity index (χ2v) is 9.71. The van der Waals surface area contributed by atoms with Crippen molar-refractivity contribution in [3.8, 4) is 5.75 Å². The molecule has 1 N–H and O–H groups in total. The van der Waals surface area contributed by atoms with Gasteiger partial charge in [-0.2, -0.15) is 0 Å². The van der Waals surface area contributed by atoms with Crippen molar-refractivity contribution in [2.45, 2.75) is 42.9 Å². The number of rotatable bonds is 5. The van der Waals surface area contributed by atoms with E-state index in [9.17, 15) is 9.59 Å². The van der Waals surface area contributed by atoms with Crippen molar-refractivity contribution >= 4 is 22.8 Å². The minimum absolute atomic E-state index is 0.00106. The third kappa shape index (κ3) is 3.54. The maximum atomic E-state index is 12.6. The summed E-state index contributed by atoms with van der Waals surface area (Å²) in [4.78, 5) is 33.1. The van der Waals surface area contributed by atoms with Gasteiger partial charge in [0, 0.05) is 43.2 Å². The molecule has 1 saturated heterocycles. The van der Waals surface area contributed by atoms with Crippen molar-refractivity contribution in [2.75, 3.05) is 25.6 Å². The first-order valence-electron chi connectivity index (χ1n) is 11.1. The van der Waals surface area contributed by atoms with Crippen LogP contribution in [-0.2, 0) is 13.1 Å². The quantitative estimate of drug-likeness (QED) is 0.634. The standard InChI is InChI=1S/C23H25N5O3S/c29-21-3-1-15-2-4-22(30)28-18(13-27(21)23(15)28)12-26-7-5-16(6-8-26)24-10-17-9-20-19(11-25-17)31-14-32-20/h1-4,9,11,16,18,24H,5-8,10,12-14H2. The number of fused-ring (bicyclic) bond motifs is 1. The third-order valence-corrected chi connectivity index (χ3v) is 7.63. The average Bonchev–Trinajstić information content (AvgIpc) is 3.43. The van der Waals surface area contributed by atoms with Crippen LogP contribution < -0.4 is 21.2 Å². The molecule has 3 aliphatic rings. The van der Waals surface area contributed by atoms with Crippen molar-refractivity contribution in [2.24, 2.45) is 0 Å². The van der Waals surface area contributed by atoms with Gasteiger partial charge in [-0.1, -0.05) is 11.8 Å². The maximum absolute atomic E-state index is 12.6. The highest BCUT2D eigenvalue weighted by atomic mass is 32.2. The zero-order valence-corrected chi connectivity index (χ0v) is 18.5. The predicted molar refractivity (Wildman–Crippen MR) is 123 cm³/mol. The maximum Gasteiger partial charge on any atom is 0.252 e. The van der Waals surface area contributed by atoms with Crippen LogP contribution >= 0.6 is 11.8 Å². The highest BCUT2D eigenvalue weighted by Gasteiger charge is 2.29. The van der Waals surface area contributed by atoms with E-state index in [1.54, 1.807) is 28.5 Å². The fourth-order valence-electron chi connectivity index (χ4n) is 5.10. The number of hydrogen-bond acceptors (Lipinski definition) is 7. The number of nitrogens with one attached hydrogen (secondary N) is 1. The topological polar surface area (TPSA) is 81.4 Å². The first-order chi connectivity index (χ1) is 15.7. The van der Waals surface area contributed by atoms with Gasteiger partial charge in [-0.15, -0.1) is 0 Å². The third-order valence-electron chi connectivity index (χ3n) is 6.76. The summed E-state index contributed by atoms with van der Waals surface area (Å²) >= 11 is 1.71. The molecule has 8 nitrogen and oxygen atoms in total. The second kappa shape index (κ2) is 8.06. The predicted octanol–water partition coefficient (Wildman–Crippen LogP) is 1.81. The highest BCUT2D eigenvalue weighted by Crippen LogP contribution is 2.35. The Morgan fingerprint density at radius 1 is 1.12 bits per heavy atom. The molecule has 0 bridgehead atoms. The lowest BCUT2D eigenvalue weighted by Gasteiger charge is -2.34. The molecule has 9 heteroatoms. The summed E-state index contributed by atoms with van der Waals surface area (Å²) in [5.74, 6) is 1.56. The zero-order chi connectivity index (χ0) is 21.7. The Morgan fingerprint density at radius 3 is 2.78 bits per heavy atom. The summed E-state index contributed by atoms with van der Waals surface area (Å²) in [6.07, 6.45) is 3.94. The van der Waals surface area contributed by atoms with Gasteiger partial charge in [0.15, 0.2) is 5.75 Å². The number of aromatic nitrogens is 3. The van der Waals surface area contributed by atoms with Gasteiger partial charge in [-0.25, -0.2) is 0 Å². The van der Waals surface area contributed by atoms with E-state index >= 15 is 0 Å². The Labute approximate surface area is 189 Å². The van der Waals surface area contributed by atoms with E-state index in [-0.39, 0.29) is 17.2 Å². The number of nitrogens with zero attached hydrogens (tertiary/aromatic N) is 4. The van der Waals surface area contributed by atoms with Crippen LogP contribution in [0.4, 0.5) is 0 Å². The highest BCUT2D eigenvalue weighted by molar-refractivity contribution is 7.99. The molecule has 166 valence electrons. The van der Waals surface area contributed by atoms with E-state index in [1.165, 1.54) is 4.90 Å². The molecule has 0 radical (unpaired) electrons. The number of pyridine rings is 3. The molecule has 3 aromatic rings. The molecular formula is C23H25N5O3S. The zero-order valence-electron chi connectivity index (χ0n) is 17.7. The van der Waals surface area contributed by atoms with Crippen LogP contribution in [0.1, 0.15) is 24.6 Å². The number of ether oxygens (including phenoxy) is 1. The SMILES string of the molecule is O=c1ccc2ccc(=O)n3c2n1CC3CN1CCC(NCc2cc3c(cn2)OCS3)CC1. The van der Waals surface area contributed by atoms with Gasteiger partial charge in [-0.3, -0.25) is 23.7 Å². The molecular weight excluding hydrogens is 426 g/mol. The molecule has 32 heavy (non-hydrogen) atoms. The number of thioether (sulfide) groups is 1. The van der Waals surface area contributed by atoms with Crippen LogP contribution in [0.15, 0.2) is 51.0 Å². The van der Waals surface area contributed by atoms with E-state index in [1.807, 2.05) is 22.9 Å². The van der Waals surface area contributed by atoms with E-state index in [0.717, 1.165) is 61.5 Å². The van der Waals surface area contributed by atoms with Gasteiger partial charge in [-0.05, 0) is 44.1 Å². The molecule has 0 aliphatic carbocycles. The fourth-order valence-corrected chi connectivity index (χ4v) is 5.88. The number of likely N-dealkylation sites (tertiary alicyclic amines) is 1. The molecule has 0 aromatic carbocycles. The van der Waals surface area contributed by atoms with Crippen LogP contribution in [0.5, 0.6) is 5.75 Å². The lowest BCUT2D eigenvalue weighted by atomic mass is 10.0. The largest absolute Gasteiger partial charge is 0.480 e. The summed E-state index contributed by atoms with van der Waals surface area (Å²) in [5.41, 5.74) is 1.75. The Balaban J connectivity index is 1.07. The van der Waals surface area contributed by atoms with Crippen molar-refractivity contribution in [3.63, 3.8) is 0 Å².